The summed E-state index contributed by atoms with van der Waals surface area (Å²) >= 11 is 0. The Balaban J connectivity index is 0.00000110. The normalized spacial score (nSPS) is 27.3. The summed E-state index contributed by atoms with van der Waals surface area (Å²) in [6.45, 7) is 4.63. The minimum Gasteiger partial charge on any atom is -0.352 e. The Bertz CT molecular complexity index is 312. The van der Waals surface area contributed by atoms with Gasteiger partial charge >= 0.3 is 0 Å². The molecule has 2 heterocycles. The fourth-order valence-corrected chi connectivity index (χ4v) is 3.30. The van der Waals surface area contributed by atoms with Gasteiger partial charge in [-0.05, 0) is 51.0 Å². The number of carbonyl (C=O) groups excluding carboxylic acids is 1. The standard InChI is InChI=1S/C15H27N3O.2ClH/c19-15(14-3-1-2-8-16-14)17-13-6-9-18(10-7-13)11-12-4-5-12;;/h12-14,16H,1-11H2,(H,17,19);2*1H/t14-;;/m1../s1. The van der Waals surface area contributed by atoms with Crippen LogP contribution in [0.5, 0.6) is 0 Å². The number of nitrogens with zero attached hydrogens (tertiary/aromatic N) is 1. The zero-order chi connectivity index (χ0) is 13.1. The summed E-state index contributed by atoms with van der Waals surface area (Å²) in [6, 6.07) is 0.477. The van der Waals surface area contributed by atoms with E-state index in [1.807, 2.05) is 0 Å². The number of nitrogens with one attached hydrogen (secondary N) is 2. The van der Waals surface area contributed by atoms with Gasteiger partial charge in [-0.25, -0.2) is 0 Å². The van der Waals surface area contributed by atoms with Gasteiger partial charge in [0.1, 0.15) is 0 Å². The molecule has 2 N–H and O–H groups in total. The molecular formula is C15H29Cl2N3O. The van der Waals surface area contributed by atoms with E-state index in [1.54, 1.807) is 0 Å². The summed E-state index contributed by atoms with van der Waals surface area (Å²) < 4.78 is 0. The van der Waals surface area contributed by atoms with Crippen molar-refractivity contribution in [2.24, 2.45) is 5.92 Å². The lowest BCUT2D eigenvalue weighted by Crippen LogP contribution is -2.52. The molecule has 1 atom stereocenters. The third-order valence-corrected chi connectivity index (χ3v) is 4.77. The Kier molecular flexibility index (Phi) is 8.32. The fourth-order valence-electron chi connectivity index (χ4n) is 3.30. The number of piperidine rings is 2. The van der Waals surface area contributed by atoms with E-state index in [1.165, 1.54) is 45.3 Å². The summed E-state index contributed by atoms with van der Waals surface area (Å²) in [7, 11) is 0. The van der Waals surface area contributed by atoms with Crippen molar-refractivity contribution in [2.45, 2.75) is 57.0 Å². The van der Waals surface area contributed by atoms with Crippen LogP contribution in [0.2, 0.25) is 0 Å². The quantitative estimate of drug-likeness (QED) is 0.824. The van der Waals surface area contributed by atoms with Gasteiger partial charge in [-0.15, -0.1) is 24.8 Å². The minimum atomic E-state index is 0. The number of hydrogen-bond donors (Lipinski definition) is 2. The van der Waals surface area contributed by atoms with Crippen LogP contribution in [0.1, 0.15) is 44.9 Å². The van der Waals surface area contributed by atoms with Crippen molar-refractivity contribution >= 4 is 30.7 Å². The van der Waals surface area contributed by atoms with Crippen molar-refractivity contribution in [3.8, 4) is 0 Å². The van der Waals surface area contributed by atoms with Gasteiger partial charge in [-0.3, -0.25) is 4.79 Å². The molecular weight excluding hydrogens is 309 g/mol. The summed E-state index contributed by atoms with van der Waals surface area (Å²) in [4.78, 5) is 14.7. The average molecular weight is 338 g/mol. The highest BCUT2D eigenvalue weighted by atomic mass is 35.5. The Morgan fingerprint density at radius 2 is 1.76 bits per heavy atom. The van der Waals surface area contributed by atoms with E-state index in [9.17, 15) is 4.79 Å². The molecule has 3 aliphatic rings. The van der Waals surface area contributed by atoms with Gasteiger partial charge in [-0.2, -0.15) is 0 Å². The van der Waals surface area contributed by atoms with E-state index in [-0.39, 0.29) is 36.8 Å². The zero-order valence-electron chi connectivity index (χ0n) is 12.7. The van der Waals surface area contributed by atoms with Crippen LogP contribution in [0, 0.1) is 5.92 Å². The van der Waals surface area contributed by atoms with Gasteiger partial charge in [0.05, 0.1) is 6.04 Å². The van der Waals surface area contributed by atoms with Crippen LogP contribution in [-0.2, 0) is 4.79 Å². The molecule has 0 unspecified atom stereocenters. The first-order chi connectivity index (χ1) is 9.31. The average Bonchev–Trinajstić information content (AvgIpc) is 3.26. The van der Waals surface area contributed by atoms with Crippen molar-refractivity contribution in [3.05, 3.63) is 0 Å². The van der Waals surface area contributed by atoms with Gasteiger partial charge in [0, 0.05) is 25.7 Å². The largest absolute Gasteiger partial charge is 0.352 e. The maximum Gasteiger partial charge on any atom is 0.237 e. The Morgan fingerprint density at radius 3 is 2.33 bits per heavy atom. The smallest absolute Gasteiger partial charge is 0.237 e. The van der Waals surface area contributed by atoms with E-state index < -0.39 is 0 Å². The highest BCUT2D eigenvalue weighted by Crippen LogP contribution is 2.30. The van der Waals surface area contributed by atoms with Crippen LogP contribution >= 0.6 is 24.8 Å². The van der Waals surface area contributed by atoms with Crippen LogP contribution in [0.4, 0.5) is 0 Å². The zero-order valence-corrected chi connectivity index (χ0v) is 14.3. The molecule has 0 aromatic carbocycles. The van der Waals surface area contributed by atoms with Crippen LogP contribution in [0.15, 0.2) is 0 Å². The van der Waals surface area contributed by atoms with E-state index in [0.29, 0.717) is 6.04 Å². The Labute approximate surface area is 140 Å². The first-order valence-corrected chi connectivity index (χ1v) is 8.07. The molecule has 1 saturated carbocycles. The van der Waals surface area contributed by atoms with Gasteiger partial charge < -0.3 is 15.5 Å². The first-order valence-electron chi connectivity index (χ1n) is 8.07. The summed E-state index contributed by atoms with van der Waals surface area (Å²) in [5.74, 6) is 1.22. The first kappa shape index (κ1) is 19.0. The van der Waals surface area contributed by atoms with Gasteiger partial charge in [0.15, 0.2) is 0 Å². The minimum absolute atomic E-state index is 0. The predicted molar refractivity (Wildman–Crippen MR) is 90.5 cm³/mol. The van der Waals surface area contributed by atoms with Crippen molar-refractivity contribution < 1.29 is 4.79 Å². The summed E-state index contributed by atoms with van der Waals surface area (Å²) in [6.07, 6.45) is 8.53. The molecule has 2 saturated heterocycles. The Hall–Kier alpha value is -0.0300. The molecule has 6 heteroatoms. The number of halogens is 2. The highest BCUT2D eigenvalue weighted by Gasteiger charge is 2.28. The van der Waals surface area contributed by atoms with Crippen molar-refractivity contribution in [1.29, 1.82) is 0 Å². The van der Waals surface area contributed by atoms with Crippen molar-refractivity contribution in [3.63, 3.8) is 0 Å². The second-order valence-electron chi connectivity index (χ2n) is 6.53. The molecule has 1 aliphatic carbocycles. The molecule has 3 rings (SSSR count). The molecule has 124 valence electrons. The second-order valence-corrected chi connectivity index (χ2v) is 6.53. The molecule has 1 amide bonds. The predicted octanol–water partition coefficient (Wildman–Crippen LogP) is 1.96. The van der Waals surface area contributed by atoms with Crippen LogP contribution in [0.3, 0.4) is 0 Å². The van der Waals surface area contributed by atoms with Crippen LogP contribution in [-0.4, -0.2) is 49.1 Å². The summed E-state index contributed by atoms with van der Waals surface area (Å²) in [5, 5.41) is 6.58. The van der Waals surface area contributed by atoms with Crippen molar-refractivity contribution in [2.75, 3.05) is 26.2 Å². The topological polar surface area (TPSA) is 44.4 Å². The number of amides is 1. The molecule has 0 bridgehead atoms. The van der Waals surface area contributed by atoms with Crippen molar-refractivity contribution in [1.82, 2.24) is 15.5 Å². The number of carbonyl (C=O) groups is 1. The van der Waals surface area contributed by atoms with Gasteiger partial charge in [0.25, 0.3) is 0 Å². The SMILES string of the molecule is Cl.Cl.O=C(NC1CCN(CC2CC2)CC1)[C@H]1CCCCN1. The Morgan fingerprint density at radius 1 is 1.05 bits per heavy atom. The third kappa shape index (κ3) is 5.93. The molecule has 0 radical (unpaired) electrons. The third-order valence-electron chi connectivity index (χ3n) is 4.77. The second kappa shape index (κ2) is 9.19. The maximum absolute atomic E-state index is 12.1. The lowest BCUT2D eigenvalue weighted by atomic mass is 10.0. The number of rotatable bonds is 4. The lowest BCUT2D eigenvalue weighted by molar-refractivity contribution is -0.124. The van der Waals surface area contributed by atoms with Crippen LogP contribution in [0.25, 0.3) is 0 Å². The van der Waals surface area contributed by atoms with E-state index in [0.717, 1.165) is 31.7 Å². The molecule has 3 fully saturated rings. The van der Waals surface area contributed by atoms with E-state index in [4.69, 9.17) is 0 Å². The summed E-state index contributed by atoms with van der Waals surface area (Å²) in [5.41, 5.74) is 0. The fraction of sp³-hybridized carbons (Fsp3) is 0.933. The maximum atomic E-state index is 12.1. The number of hydrogen-bond acceptors (Lipinski definition) is 3. The molecule has 0 aromatic heterocycles. The molecule has 0 spiro atoms. The molecule has 0 aromatic rings. The highest BCUT2D eigenvalue weighted by molar-refractivity contribution is 5.85. The molecule has 2 aliphatic heterocycles. The van der Waals surface area contributed by atoms with Gasteiger partial charge in [0.2, 0.25) is 5.91 Å². The molecule has 21 heavy (non-hydrogen) atoms. The number of likely N-dealkylation sites (tertiary alicyclic amines) is 1. The van der Waals surface area contributed by atoms with Gasteiger partial charge in [-0.1, -0.05) is 6.42 Å². The van der Waals surface area contributed by atoms with Crippen LogP contribution < -0.4 is 10.6 Å². The molecule has 4 nitrogen and oxygen atoms in total. The lowest BCUT2D eigenvalue weighted by Gasteiger charge is -2.33. The monoisotopic (exact) mass is 337 g/mol. The van der Waals surface area contributed by atoms with E-state index >= 15 is 0 Å². The van der Waals surface area contributed by atoms with E-state index in [2.05, 4.69) is 15.5 Å².